The molecule has 0 aliphatic carbocycles. The van der Waals surface area contributed by atoms with Gasteiger partial charge in [0.15, 0.2) is 0 Å². The number of nitrogens with zero attached hydrogens (tertiary/aromatic N) is 2. The third-order valence-electron chi connectivity index (χ3n) is 3.79. The second-order valence-electron chi connectivity index (χ2n) is 5.68. The van der Waals surface area contributed by atoms with Crippen LogP contribution in [0, 0.1) is 6.92 Å². The third kappa shape index (κ3) is 4.13. The first-order valence-corrected chi connectivity index (χ1v) is 8.38. The molecule has 3 aromatic rings. The molecule has 0 radical (unpaired) electrons. The minimum Gasteiger partial charge on any atom is -0.495 e. The van der Waals surface area contributed by atoms with Crippen LogP contribution in [-0.4, -0.2) is 22.8 Å². The van der Waals surface area contributed by atoms with Crippen LogP contribution in [-0.2, 0) is 4.79 Å². The number of hydrogen-bond acceptors (Lipinski definition) is 3. The number of carbonyl (C=O) groups excluding carboxylic acids is 1. The van der Waals surface area contributed by atoms with Crippen molar-refractivity contribution in [3.05, 3.63) is 77.1 Å². The Morgan fingerprint density at radius 1 is 1.27 bits per heavy atom. The Bertz CT molecular complexity index is 949. The lowest BCUT2D eigenvalue weighted by Crippen LogP contribution is -2.09. The molecule has 2 aromatic carbocycles. The third-order valence-corrected chi connectivity index (χ3v) is 4.20. The molecule has 0 saturated carbocycles. The monoisotopic (exact) mass is 367 g/mol. The van der Waals surface area contributed by atoms with Gasteiger partial charge in [-0.05, 0) is 36.8 Å². The summed E-state index contributed by atoms with van der Waals surface area (Å²) in [5, 5.41) is 7.68. The van der Waals surface area contributed by atoms with Crippen LogP contribution in [0.5, 0.6) is 5.75 Å². The summed E-state index contributed by atoms with van der Waals surface area (Å²) in [6.45, 7) is 1.87. The highest BCUT2D eigenvalue weighted by atomic mass is 35.5. The molecule has 26 heavy (non-hydrogen) atoms. The van der Waals surface area contributed by atoms with Crippen LogP contribution < -0.4 is 10.1 Å². The van der Waals surface area contributed by atoms with Gasteiger partial charge in [0.2, 0.25) is 5.91 Å². The number of para-hydroxylation sites is 1. The van der Waals surface area contributed by atoms with Gasteiger partial charge in [-0.1, -0.05) is 29.8 Å². The van der Waals surface area contributed by atoms with Gasteiger partial charge < -0.3 is 10.1 Å². The minimum absolute atomic E-state index is 0.266. The van der Waals surface area contributed by atoms with Crippen LogP contribution in [0.2, 0.25) is 5.02 Å². The largest absolute Gasteiger partial charge is 0.495 e. The molecular formula is C20H18ClN3O2. The van der Waals surface area contributed by atoms with Crippen molar-refractivity contribution in [3.63, 3.8) is 0 Å². The number of carbonyl (C=O) groups is 1. The molecule has 0 fully saturated rings. The van der Waals surface area contributed by atoms with Gasteiger partial charge in [0.1, 0.15) is 5.75 Å². The lowest BCUT2D eigenvalue weighted by Gasteiger charge is -2.11. The Morgan fingerprint density at radius 2 is 2.04 bits per heavy atom. The maximum Gasteiger partial charge on any atom is 0.248 e. The molecule has 0 atom stereocenters. The minimum atomic E-state index is -0.266. The molecule has 1 aromatic heterocycles. The smallest absolute Gasteiger partial charge is 0.248 e. The lowest BCUT2D eigenvalue weighted by atomic mass is 10.2. The van der Waals surface area contributed by atoms with Crippen LogP contribution in [0.25, 0.3) is 11.8 Å². The summed E-state index contributed by atoms with van der Waals surface area (Å²) in [5.41, 5.74) is 3.21. The molecular weight excluding hydrogens is 350 g/mol. The van der Waals surface area contributed by atoms with E-state index in [0.29, 0.717) is 16.5 Å². The Hall–Kier alpha value is -3.05. The maximum atomic E-state index is 12.2. The fraction of sp³-hybridized carbons (Fsp3) is 0.100. The molecule has 5 nitrogen and oxygen atoms in total. The number of ether oxygens (including phenoxy) is 1. The van der Waals surface area contributed by atoms with E-state index < -0.39 is 0 Å². The number of rotatable bonds is 5. The number of hydrogen-bond donors (Lipinski definition) is 1. The van der Waals surface area contributed by atoms with E-state index in [1.54, 1.807) is 29.1 Å². The van der Waals surface area contributed by atoms with E-state index >= 15 is 0 Å². The second kappa shape index (κ2) is 7.89. The molecule has 3 rings (SSSR count). The van der Waals surface area contributed by atoms with Gasteiger partial charge in [-0.25, -0.2) is 4.68 Å². The topological polar surface area (TPSA) is 56.1 Å². The molecule has 1 amide bonds. The first kappa shape index (κ1) is 17.8. The van der Waals surface area contributed by atoms with Crippen LogP contribution in [0.4, 0.5) is 5.69 Å². The van der Waals surface area contributed by atoms with Crippen molar-refractivity contribution in [1.82, 2.24) is 9.78 Å². The Balaban J connectivity index is 1.71. The van der Waals surface area contributed by atoms with E-state index in [2.05, 4.69) is 10.4 Å². The molecule has 0 unspecified atom stereocenters. The Labute approximate surface area is 156 Å². The van der Waals surface area contributed by atoms with Crippen LogP contribution in [0.15, 0.2) is 60.9 Å². The summed E-state index contributed by atoms with van der Waals surface area (Å²) in [5.74, 6) is 0.247. The highest BCUT2D eigenvalue weighted by Crippen LogP contribution is 2.30. The summed E-state index contributed by atoms with van der Waals surface area (Å²) >= 11 is 6.08. The normalized spacial score (nSPS) is 10.9. The highest BCUT2D eigenvalue weighted by Gasteiger charge is 2.09. The van der Waals surface area contributed by atoms with Crippen molar-refractivity contribution >= 4 is 29.3 Å². The van der Waals surface area contributed by atoms with E-state index in [-0.39, 0.29) is 5.91 Å². The molecule has 0 aliphatic rings. The van der Waals surface area contributed by atoms with Crippen molar-refractivity contribution in [1.29, 1.82) is 0 Å². The van der Waals surface area contributed by atoms with E-state index in [0.717, 1.165) is 16.8 Å². The predicted molar refractivity (Wildman–Crippen MR) is 104 cm³/mol. The molecule has 1 heterocycles. The molecule has 6 heteroatoms. The van der Waals surface area contributed by atoms with E-state index in [4.69, 9.17) is 16.3 Å². The van der Waals surface area contributed by atoms with E-state index in [1.165, 1.54) is 13.2 Å². The number of anilines is 1. The van der Waals surface area contributed by atoms with Gasteiger partial charge in [0.25, 0.3) is 0 Å². The summed E-state index contributed by atoms with van der Waals surface area (Å²) in [6, 6.07) is 13.2. The number of aryl methyl sites for hydroxylation is 1. The van der Waals surface area contributed by atoms with Gasteiger partial charge in [-0.3, -0.25) is 4.79 Å². The predicted octanol–water partition coefficient (Wildman–Crippen LogP) is 4.49. The average Bonchev–Trinajstić information content (AvgIpc) is 3.12. The zero-order valence-electron chi connectivity index (χ0n) is 14.4. The van der Waals surface area contributed by atoms with E-state index in [9.17, 15) is 4.79 Å². The molecule has 132 valence electrons. The standard InChI is InChI=1S/C20H18ClN3O2/c1-14-10-18(19(26-2)11-17(14)21)23-20(25)9-8-15-12-22-24(13-15)16-6-4-3-5-7-16/h3-13H,1-2H3,(H,23,25)/b9-8+. The van der Waals surface area contributed by atoms with Gasteiger partial charge in [0.05, 0.1) is 24.7 Å². The molecule has 0 bridgehead atoms. The summed E-state index contributed by atoms with van der Waals surface area (Å²) in [6.07, 6.45) is 6.71. The Kier molecular flexibility index (Phi) is 5.39. The van der Waals surface area contributed by atoms with E-state index in [1.807, 2.05) is 43.5 Å². The number of amides is 1. The fourth-order valence-corrected chi connectivity index (χ4v) is 2.57. The number of benzene rings is 2. The summed E-state index contributed by atoms with van der Waals surface area (Å²) in [7, 11) is 1.53. The molecule has 1 N–H and O–H groups in total. The maximum absolute atomic E-state index is 12.2. The zero-order chi connectivity index (χ0) is 18.5. The van der Waals surface area contributed by atoms with Crippen LogP contribution in [0.1, 0.15) is 11.1 Å². The number of methoxy groups -OCH3 is 1. The van der Waals surface area contributed by atoms with Crippen molar-refractivity contribution in [2.45, 2.75) is 6.92 Å². The van der Waals surface area contributed by atoms with Crippen LogP contribution >= 0.6 is 11.6 Å². The summed E-state index contributed by atoms with van der Waals surface area (Å²) < 4.78 is 7.01. The highest BCUT2D eigenvalue weighted by molar-refractivity contribution is 6.31. The van der Waals surface area contributed by atoms with Crippen LogP contribution in [0.3, 0.4) is 0 Å². The number of nitrogens with one attached hydrogen (secondary N) is 1. The molecule has 0 saturated heterocycles. The van der Waals surface area contributed by atoms with Crippen molar-refractivity contribution in [2.24, 2.45) is 0 Å². The quantitative estimate of drug-likeness (QED) is 0.676. The van der Waals surface area contributed by atoms with Crippen molar-refractivity contribution in [2.75, 3.05) is 12.4 Å². The van der Waals surface area contributed by atoms with Gasteiger partial charge in [-0.15, -0.1) is 0 Å². The Morgan fingerprint density at radius 3 is 2.77 bits per heavy atom. The van der Waals surface area contributed by atoms with Gasteiger partial charge >= 0.3 is 0 Å². The molecule has 0 spiro atoms. The van der Waals surface area contributed by atoms with Crippen molar-refractivity contribution in [3.8, 4) is 11.4 Å². The molecule has 0 aliphatic heterocycles. The zero-order valence-corrected chi connectivity index (χ0v) is 15.2. The summed E-state index contributed by atoms with van der Waals surface area (Å²) in [4.78, 5) is 12.2. The SMILES string of the molecule is COc1cc(Cl)c(C)cc1NC(=O)/C=C/c1cnn(-c2ccccc2)c1. The number of halogens is 1. The lowest BCUT2D eigenvalue weighted by molar-refractivity contribution is -0.111. The van der Waals surface area contributed by atoms with Crippen molar-refractivity contribution < 1.29 is 9.53 Å². The van der Waals surface area contributed by atoms with Gasteiger partial charge in [-0.2, -0.15) is 5.10 Å². The second-order valence-corrected chi connectivity index (χ2v) is 6.09. The van der Waals surface area contributed by atoms with Gasteiger partial charge in [0, 0.05) is 28.9 Å². The average molecular weight is 368 g/mol. The number of aromatic nitrogens is 2. The fourth-order valence-electron chi connectivity index (χ4n) is 2.42. The first-order valence-electron chi connectivity index (χ1n) is 8.00. The first-order chi connectivity index (χ1) is 12.6.